The first-order chi connectivity index (χ1) is 12.5. The molecule has 0 radical (unpaired) electrons. The van der Waals surface area contributed by atoms with E-state index >= 15 is 0 Å². The minimum atomic E-state index is -0.207. The molecule has 2 aromatic carbocycles. The first-order valence-electron chi connectivity index (χ1n) is 8.25. The first kappa shape index (κ1) is 16.4. The number of hydrogen-bond donors (Lipinski definition) is 1. The summed E-state index contributed by atoms with van der Waals surface area (Å²) in [6, 6.07) is 17.1. The standard InChI is InChI=1S/C21H16N2O2S/c1-12-15-7-5-8-16(13(2)24)20(15)26-19(12)21(25)23-18-11-10-14-6-3-4-9-17(14)22-18/h3-11H,1-2H3,(H,22,23,25). The van der Waals surface area contributed by atoms with E-state index in [0.717, 1.165) is 26.6 Å². The van der Waals surface area contributed by atoms with Crippen LogP contribution in [0.25, 0.3) is 21.0 Å². The van der Waals surface area contributed by atoms with Gasteiger partial charge in [-0.15, -0.1) is 11.3 Å². The fourth-order valence-electron chi connectivity index (χ4n) is 3.05. The van der Waals surface area contributed by atoms with Crippen molar-refractivity contribution in [3.05, 3.63) is 70.6 Å². The van der Waals surface area contributed by atoms with Gasteiger partial charge in [0.2, 0.25) is 0 Å². The van der Waals surface area contributed by atoms with Crippen molar-refractivity contribution < 1.29 is 9.59 Å². The van der Waals surface area contributed by atoms with Crippen molar-refractivity contribution in [1.29, 1.82) is 0 Å². The van der Waals surface area contributed by atoms with E-state index in [0.29, 0.717) is 16.3 Å². The number of anilines is 1. The van der Waals surface area contributed by atoms with Gasteiger partial charge < -0.3 is 5.32 Å². The smallest absolute Gasteiger partial charge is 0.267 e. The number of thiophene rings is 1. The van der Waals surface area contributed by atoms with Crippen LogP contribution in [0.2, 0.25) is 0 Å². The second-order valence-electron chi connectivity index (χ2n) is 6.14. The Morgan fingerprint density at radius 2 is 1.81 bits per heavy atom. The lowest BCUT2D eigenvalue weighted by Crippen LogP contribution is -2.12. The van der Waals surface area contributed by atoms with Crippen LogP contribution in [0, 0.1) is 6.92 Å². The van der Waals surface area contributed by atoms with E-state index in [1.54, 1.807) is 19.1 Å². The molecule has 26 heavy (non-hydrogen) atoms. The summed E-state index contributed by atoms with van der Waals surface area (Å²) in [7, 11) is 0. The van der Waals surface area contributed by atoms with Gasteiger partial charge in [0.1, 0.15) is 5.82 Å². The Bertz CT molecular complexity index is 1180. The third-order valence-corrected chi connectivity index (χ3v) is 5.73. The number of fused-ring (bicyclic) bond motifs is 2. The molecule has 4 rings (SSSR count). The minimum absolute atomic E-state index is 0.00000373. The molecule has 4 aromatic rings. The average molecular weight is 360 g/mol. The first-order valence-corrected chi connectivity index (χ1v) is 9.06. The number of hydrogen-bond acceptors (Lipinski definition) is 4. The molecule has 2 aromatic heterocycles. The van der Waals surface area contributed by atoms with Gasteiger partial charge in [-0.25, -0.2) is 4.98 Å². The monoisotopic (exact) mass is 360 g/mol. The number of carbonyl (C=O) groups excluding carboxylic acids is 2. The summed E-state index contributed by atoms with van der Waals surface area (Å²) in [6.07, 6.45) is 0. The van der Waals surface area contributed by atoms with E-state index in [-0.39, 0.29) is 11.7 Å². The van der Waals surface area contributed by atoms with Gasteiger partial charge in [0.25, 0.3) is 5.91 Å². The Hall–Kier alpha value is -3.05. The number of para-hydroxylation sites is 1. The van der Waals surface area contributed by atoms with Crippen molar-refractivity contribution in [2.45, 2.75) is 13.8 Å². The number of amides is 1. The average Bonchev–Trinajstić information content (AvgIpc) is 2.98. The molecule has 2 heterocycles. The Kier molecular flexibility index (Phi) is 4.01. The Morgan fingerprint density at radius 1 is 1.00 bits per heavy atom. The van der Waals surface area contributed by atoms with Crippen LogP contribution in [0.5, 0.6) is 0 Å². The molecular weight excluding hydrogens is 344 g/mol. The molecule has 0 aliphatic carbocycles. The van der Waals surface area contributed by atoms with Crippen molar-refractivity contribution in [2.75, 3.05) is 5.32 Å². The second kappa shape index (κ2) is 6.35. The van der Waals surface area contributed by atoms with E-state index in [2.05, 4.69) is 10.3 Å². The number of nitrogens with one attached hydrogen (secondary N) is 1. The number of aryl methyl sites for hydroxylation is 1. The van der Waals surface area contributed by atoms with Crippen LogP contribution in [-0.2, 0) is 0 Å². The molecule has 0 bridgehead atoms. The molecule has 1 N–H and O–H groups in total. The lowest BCUT2D eigenvalue weighted by molar-refractivity contribution is 0.101. The Balaban J connectivity index is 1.72. The zero-order valence-corrected chi connectivity index (χ0v) is 15.2. The molecule has 0 aliphatic rings. The van der Waals surface area contributed by atoms with Crippen molar-refractivity contribution in [3.63, 3.8) is 0 Å². The summed E-state index contributed by atoms with van der Waals surface area (Å²) in [5, 5.41) is 4.84. The van der Waals surface area contributed by atoms with Crippen molar-refractivity contribution in [1.82, 2.24) is 4.98 Å². The quantitative estimate of drug-likeness (QED) is 0.510. The van der Waals surface area contributed by atoms with E-state index < -0.39 is 0 Å². The van der Waals surface area contributed by atoms with Gasteiger partial charge in [-0.2, -0.15) is 0 Å². The van der Waals surface area contributed by atoms with Gasteiger partial charge in [0, 0.05) is 15.6 Å². The van der Waals surface area contributed by atoms with Crippen LogP contribution < -0.4 is 5.32 Å². The normalized spacial score (nSPS) is 11.0. The number of pyridine rings is 1. The van der Waals surface area contributed by atoms with Crippen LogP contribution in [0.3, 0.4) is 0 Å². The predicted octanol–water partition coefficient (Wildman–Crippen LogP) is 5.21. The summed E-state index contributed by atoms with van der Waals surface area (Å²) in [4.78, 5) is 29.7. The minimum Gasteiger partial charge on any atom is -0.306 e. The van der Waals surface area contributed by atoms with Gasteiger partial charge in [0.05, 0.1) is 10.4 Å². The Morgan fingerprint density at radius 3 is 2.62 bits per heavy atom. The molecule has 0 unspecified atom stereocenters. The highest BCUT2D eigenvalue weighted by atomic mass is 32.1. The fourth-order valence-corrected chi connectivity index (χ4v) is 4.31. The maximum Gasteiger partial charge on any atom is 0.267 e. The summed E-state index contributed by atoms with van der Waals surface area (Å²) in [5.74, 6) is 0.304. The highest BCUT2D eigenvalue weighted by Crippen LogP contribution is 2.34. The molecule has 128 valence electrons. The van der Waals surface area contributed by atoms with Crippen LogP contribution in [-0.4, -0.2) is 16.7 Å². The highest BCUT2D eigenvalue weighted by Gasteiger charge is 2.19. The molecule has 4 nitrogen and oxygen atoms in total. The van der Waals surface area contributed by atoms with Crippen molar-refractivity contribution in [2.24, 2.45) is 0 Å². The number of rotatable bonds is 3. The van der Waals surface area contributed by atoms with Gasteiger partial charge >= 0.3 is 0 Å². The van der Waals surface area contributed by atoms with E-state index in [1.807, 2.05) is 49.4 Å². The van der Waals surface area contributed by atoms with Crippen LogP contribution >= 0.6 is 11.3 Å². The predicted molar refractivity (Wildman–Crippen MR) is 106 cm³/mol. The number of Topliss-reactive ketones (excluding diaryl/α,β-unsaturated/α-hetero) is 1. The summed E-state index contributed by atoms with van der Waals surface area (Å²) < 4.78 is 0.856. The van der Waals surface area contributed by atoms with Gasteiger partial charge in [0.15, 0.2) is 5.78 Å². The Labute approximate surface area is 154 Å². The fraction of sp³-hybridized carbons (Fsp3) is 0.0952. The second-order valence-corrected chi connectivity index (χ2v) is 7.16. The van der Waals surface area contributed by atoms with Gasteiger partial charge in [-0.3, -0.25) is 9.59 Å². The number of aromatic nitrogens is 1. The van der Waals surface area contributed by atoms with E-state index in [4.69, 9.17) is 0 Å². The van der Waals surface area contributed by atoms with Crippen LogP contribution in [0.1, 0.15) is 32.5 Å². The zero-order valence-electron chi connectivity index (χ0n) is 14.4. The van der Waals surface area contributed by atoms with Gasteiger partial charge in [-0.05, 0) is 49.1 Å². The largest absolute Gasteiger partial charge is 0.306 e. The van der Waals surface area contributed by atoms with E-state index in [9.17, 15) is 9.59 Å². The lowest BCUT2D eigenvalue weighted by Gasteiger charge is -2.05. The maximum absolute atomic E-state index is 12.8. The van der Waals surface area contributed by atoms with Crippen molar-refractivity contribution in [3.8, 4) is 0 Å². The lowest BCUT2D eigenvalue weighted by atomic mass is 10.1. The maximum atomic E-state index is 12.8. The molecule has 0 saturated carbocycles. The topological polar surface area (TPSA) is 59.1 Å². The summed E-state index contributed by atoms with van der Waals surface area (Å²) >= 11 is 1.35. The molecular formula is C21H16N2O2S. The van der Waals surface area contributed by atoms with E-state index in [1.165, 1.54) is 11.3 Å². The number of carbonyl (C=O) groups is 2. The zero-order chi connectivity index (χ0) is 18.3. The molecule has 5 heteroatoms. The molecule has 1 amide bonds. The summed E-state index contributed by atoms with van der Waals surface area (Å²) in [5.41, 5.74) is 2.36. The highest BCUT2D eigenvalue weighted by molar-refractivity contribution is 7.21. The molecule has 0 aliphatic heterocycles. The SMILES string of the molecule is CC(=O)c1cccc2c(C)c(C(=O)Nc3ccc4ccccc4n3)sc12. The molecule has 0 fully saturated rings. The number of benzene rings is 2. The molecule has 0 atom stereocenters. The number of nitrogens with zero attached hydrogens (tertiary/aromatic N) is 1. The van der Waals surface area contributed by atoms with Crippen LogP contribution in [0.4, 0.5) is 5.82 Å². The number of ketones is 1. The molecule has 0 spiro atoms. The third-order valence-electron chi connectivity index (χ3n) is 4.39. The third kappa shape index (κ3) is 2.76. The summed E-state index contributed by atoms with van der Waals surface area (Å²) in [6.45, 7) is 3.45. The van der Waals surface area contributed by atoms with Crippen LogP contribution in [0.15, 0.2) is 54.6 Å². The van der Waals surface area contributed by atoms with Crippen molar-refractivity contribution >= 4 is 49.8 Å². The van der Waals surface area contributed by atoms with Gasteiger partial charge in [-0.1, -0.05) is 30.3 Å². The molecule has 0 saturated heterocycles.